The molecule has 0 rings (SSSR count). The minimum Gasteiger partial charge on any atom is -0.748 e. The summed E-state index contributed by atoms with van der Waals surface area (Å²) in [5.41, 5.74) is 0. The molecule has 0 aliphatic rings. The van der Waals surface area contributed by atoms with Crippen molar-refractivity contribution in [3.05, 3.63) is 0 Å². The van der Waals surface area contributed by atoms with Gasteiger partial charge in [0.15, 0.2) is 0 Å². The van der Waals surface area contributed by atoms with E-state index >= 15 is 0 Å². The first-order valence-corrected chi connectivity index (χ1v) is 11.3. The summed E-state index contributed by atoms with van der Waals surface area (Å²) >= 11 is -6.76. The highest BCUT2D eigenvalue weighted by molar-refractivity contribution is 7.86. The van der Waals surface area contributed by atoms with E-state index in [0.29, 0.717) is 6.42 Å². The van der Waals surface area contributed by atoms with Crippen molar-refractivity contribution in [3.63, 3.8) is 0 Å². The van der Waals surface area contributed by atoms with Crippen LogP contribution in [-0.2, 0) is 64.4 Å². The number of phosphoric acid groups is 1. The minimum atomic E-state index is -5.31. The fourth-order valence-corrected chi connectivity index (χ4v) is 3.52. The lowest BCUT2D eigenvalue weighted by atomic mass is 10.2. The lowest BCUT2D eigenvalue weighted by Crippen LogP contribution is -2.13. The second kappa shape index (κ2) is 12.5. The maximum atomic E-state index is 11.6. The third-order valence-corrected chi connectivity index (χ3v) is 4.57. The van der Waals surface area contributed by atoms with Crippen molar-refractivity contribution in [1.82, 2.24) is 0 Å². The van der Waals surface area contributed by atoms with E-state index in [1.807, 2.05) is 6.92 Å². The van der Waals surface area contributed by atoms with Gasteiger partial charge >= 0.3 is 7.82 Å². The molecule has 0 N–H and O–H groups in total. The van der Waals surface area contributed by atoms with E-state index in [4.69, 9.17) is 0 Å². The molecule has 0 radical (unpaired) electrons. The smallest absolute Gasteiger partial charge is 0.559 e. The molecule has 0 aliphatic heterocycles. The lowest BCUT2D eigenvalue weighted by Gasteiger charge is -2.14. The summed E-state index contributed by atoms with van der Waals surface area (Å²) in [5.74, 6) is -0.514. The van der Waals surface area contributed by atoms with Gasteiger partial charge in [0.25, 0.3) is 10.1 Å². The predicted molar refractivity (Wildman–Crippen MR) is 74.5 cm³/mol. The zero-order valence-corrected chi connectivity index (χ0v) is 15.6. The SMILES string of the molecule is CCCCCCCS(=O)(=O)OOP(=O)(OOS(=O)[O-])OOS(=O)[O-]. The van der Waals surface area contributed by atoms with Gasteiger partial charge in [0, 0.05) is 0 Å². The Balaban J connectivity index is 4.52. The van der Waals surface area contributed by atoms with Crippen LogP contribution in [0.4, 0.5) is 0 Å². The Hall–Kier alpha value is 0.160. The van der Waals surface area contributed by atoms with Crippen LogP contribution in [0.2, 0.25) is 0 Å². The zero-order chi connectivity index (χ0) is 18.6. The van der Waals surface area contributed by atoms with Gasteiger partial charge in [-0.3, -0.25) is 0 Å². The van der Waals surface area contributed by atoms with E-state index in [1.54, 1.807) is 0 Å². The molecule has 0 aliphatic carbocycles. The Morgan fingerprint density at radius 1 is 0.917 bits per heavy atom. The van der Waals surface area contributed by atoms with Gasteiger partial charge in [-0.25, -0.2) is 13.0 Å². The third-order valence-electron chi connectivity index (χ3n) is 2.08. The molecule has 2 unspecified atom stereocenters. The summed E-state index contributed by atoms with van der Waals surface area (Å²) in [4.78, 5) is 0. The third kappa shape index (κ3) is 13.5. The maximum Gasteiger partial charge on any atom is 0.559 e. The van der Waals surface area contributed by atoms with E-state index in [0.717, 1.165) is 19.3 Å². The van der Waals surface area contributed by atoms with Crippen molar-refractivity contribution in [2.24, 2.45) is 0 Å². The minimum absolute atomic E-state index is 0.208. The van der Waals surface area contributed by atoms with Crippen molar-refractivity contribution in [3.8, 4) is 0 Å². The van der Waals surface area contributed by atoms with Crippen LogP contribution in [-0.4, -0.2) is 31.7 Å². The maximum absolute atomic E-state index is 11.6. The van der Waals surface area contributed by atoms with Crippen LogP contribution in [0.1, 0.15) is 39.0 Å². The fourth-order valence-electron chi connectivity index (χ4n) is 1.16. The average Bonchev–Trinajstić information content (AvgIpc) is 2.49. The molecule has 146 valence electrons. The summed E-state index contributed by atoms with van der Waals surface area (Å²) in [6, 6.07) is 0. The molecule has 0 aromatic rings. The molecule has 0 heterocycles. The van der Waals surface area contributed by atoms with Gasteiger partial charge in [0.2, 0.25) is 0 Å². The highest BCUT2D eigenvalue weighted by atomic mass is 32.2. The molecular formula is C7H15O13PS3-2. The molecule has 0 amide bonds. The van der Waals surface area contributed by atoms with E-state index in [-0.39, 0.29) is 6.42 Å². The fraction of sp³-hybridized carbons (Fsp3) is 1.00. The van der Waals surface area contributed by atoms with Gasteiger partial charge in [-0.1, -0.05) is 36.9 Å². The van der Waals surface area contributed by atoms with Crippen LogP contribution < -0.4 is 0 Å². The average molecular weight is 434 g/mol. The highest BCUT2D eigenvalue weighted by Crippen LogP contribution is 2.50. The molecule has 0 aromatic heterocycles. The second-order valence-electron chi connectivity index (χ2n) is 3.96. The molecule has 0 spiro atoms. The monoisotopic (exact) mass is 434 g/mol. The molecular weight excluding hydrogens is 419 g/mol. The van der Waals surface area contributed by atoms with Crippen molar-refractivity contribution < 1.29 is 57.5 Å². The van der Waals surface area contributed by atoms with Crippen LogP contribution in [0.5, 0.6) is 0 Å². The molecule has 17 heteroatoms. The first-order valence-electron chi connectivity index (χ1n) is 6.23. The molecule has 0 fully saturated rings. The quantitative estimate of drug-likeness (QED) is 0.116. The van der Waals surface area contributed by atoms with Gasteiger partial charge in [-0.2, -0.15) is 8.42 Å². The van der Waals surface area contributed by atoms with Crippen molar-refractivity contribution in [2.75, 3.05) is 5.75 Å². The van der Waals surface area contributed by atoms with Crippen molar-refractivity contribution in [2.45, 2.75) is 39.0 Å². The van der Waals surface area contributed by atoms with Crippen molar-refractivity contribution in [1.29, 1.82) is 0 Å². The zero-order valence-electron chi connectivity index (χ0n) is 12.2. The molecule has 2 atom stereocenters. The molecule has 0 aromatic carbocycles. The van der Waals surface area contributed by atoms with Crippen LogP contribution in [0.3, 0.4) is 0 Å². The van der Waals surface area contributed by atoms with Crippen LogP contribution >= 0.6 is 7.82 Å². The summed E-state index contributed by atoms with van der Waals surface area (Å²) in [5, 5.41) is 0. The van der Waals surface area contributed by atoms with E-state index in [1.165, 1.54) is 0 Å². The Morgan fingerprint density at radius 2 is 1.42 bits per heavy atom. The largest absolute Gasteiger partial charge is 0.748 e. The predicted octanol–water partition coefficient (Wildman–Crippen LogP) is 0.827. The molecule has 0 saturated carbocycles. The van der Waals surface area contributed by atoms with Gasteiger partial charge in [-0.05, 0) is 6.42 Å². The van der Waals surface area contributed by atoms with Crippen LogP contribution in [0.25, 0.3) is 0 Å². The number of unbranched alkanes of at least 4 members (excludes halogenated alkanes) is 4. The summed E-state index contributed by atoms with van der Waals surface area (Å²) in [6.45, 7) is 1.97. The van der Waals surface area contributed by atoms with Gasteiger partial charge < -0.3 is 9.11 Å². The van der Waals surface area contributed by atoms with Crippen LogP contribution in [0.15, 0.2) is 0 Å². The second-order valence-corrected chi connectivity index (χ2v) is 8.05. The Morgan fingerprint density at radius 3 is 1.88 bits per heavy atom. The molecule has 0 bridgehead atoms. The highest BCUT2D eigenvalue weighted by Gasteiger charge is 2.36. The number of hydrogen-bond donors (Lipinski definition) is 0. The number of rotatable bonds is 15. The first-order chi connectivity index (χ1) is 11.1. The van der Waals surface area contributed by atoms with Gasteiger partial charge in [0.05, 0.1) is 5.75 Å². The summed E-state index contributed by atoms with van der Waals surface area (Å²) in [7, 11) is -9.66. The standard InChI is InChI=1S/C7H17O13PS3/c1-2-3-4-5-6-7-24(13,14)20-17-21(8,15-18-22(9)10)16-19-23(11)12/h2-7H2,1H3,(H,9,10)(H,11,12)/p-2. The van der Waals surface area contributed by atoms with E-state index < -0.39 is 46.4 Å². The Bertz CT molecular complexity index is 526. The van der Waals surface area contributed by atoms with Crippen LogP contribution in [0, 0.1) is 0 Å². The molecule has 13 nitrogen and oxygen atoms in total. The summed E-state index contributed by atoms with van der Waals surface area (Å²) < 4.78 is 96.7. The molecule has 0 saturated heterocycles. The lowest BCUT2D eigenvalue weighted by molar-refractivity contribution is -0.233. The Labute approximate surface area is 143 Å². The Kier molecular flexibility index (Phi) is 12.6. The van der Waals surface area contributed by atoms with Gasteiger partial charge in [0.1, 0.15) is 22.7 Å². The van der Waals surface area contributed by atoms with Crippen molar-refractivity contribution >= 4 is 40.7 Å². The normalized spacial score (nSPS) is 17.3. The summed E-state index contributed by atoms with van der Waals surface area (Å²) in [6.07, 6.45) is 3.45. The van der Waals surface area contributed by atoms with E-state index in [9.17, 15) is 30.5 Å². The topological polar surface area (TPSA) is 187 Å². The van der Waals surface area contributed by atoms with Gasteiger partial charge in [-0.15, -0.1) is 22.7 Å². The van der Waals surface area contributed by atoms with E-state index in [2.05, 4.69) is 27.0 Å². The number of hydrogen-bond acceptors (Lipinski definition) is 13. The molecule has 24 heavy (non-hydrogen) atoms. The first kappa shape index (κ1) is 24.2.